The molecule has 0 amide bonds. The lowest BCUT2D eigenvalue weighted by Gasteiger charge is -2.11. The van der Waals surface area contributed by atoms with Crippen molar-refractivity contribution in [2.75, 3.05) is 13.6 Å². The highest BCUT2D eigenvalue weighted by molar-refractivity contribution is 5.79. The van der Waals surface area contributed by atoms with Crippen LogP contribution >= 0.6 is 0 Å². The average Bonchev–Trinajstić information content (AvgIpc) is 3.32. The van der Waals surface area contributed by atoms with Gasteiger partial charge in [0.1, 0.15) is 0 Å². The molecule has 0 saturated heterocycles. The van der Waals surface area contributed by atoms with E-state index in [2.05, 4.69) is 44.8 Å². The highest BCUT2D eigenvalue weighted by Crippen LogP contribution is 2.27. The molecule has 1 fully saturated rings. The molecule has 1 aliphatic rings. The van der Waals surface area contributed by atoms with Crippen LogP contribution in [0.2, 0.25) is 0 Å². The fraction of sp³-hybridized carbons (Fsp3) is 0.500. The van der Waals surface area contributed by atoms with Crippen molar-refractivity contribution in [2.45, 2.75) is 39.2 Å². The van der Waals surface area contributed by atoms with E-state index >= 15 is 0 Å². The normalized spacial score (nSPS) is 14.7. The van der Waals surface area contributed by atoms with Gasteiger partial charge in [0, 0.05) is 32.1 Å². The summed E-state index contributed by atoms with van der Waals surface area (Å²) in [6.07, 6.45) is 4.51. The second-order valence-electron chi connectivity index (χ2n) is 6.22. The minimum atomic E-state index is 0.580. The standard InChI is InChI=1S/C18H25N5O/c1-3-5-16-22-17(24-23-16)15-7-4-6-14(10-15)12-21-18(19-2)20-11-13-8-9-13/h4,6-7,10,13H,3,5,8-9,11-12H2,1-2H3,(H2,19,20,21). The maximum atomic E-state index is 5.36. The third-order valence-corrected chi connectivity index (χ3v) is 4.05. The SMILES string of the molecule is CCCc1noc(-c2cccc(CNC(=NC)NCC3CC3)c2)n1. The van der Waals surface area contributed by atoms with E-state index in [0.29, 0.717) is 12.4 Å². The van der Waals surface area contributed by atoms with Crippen molar-refractivity contribution >= 4 is 5.96 Å². The lowest BCUT2D eigenvalue weighted by Crippen LogP contribution is -2.37. The molecule has 0 unspecified atom stereocenters. The van der Waals surface area contributed by atoms with Crippen molar-refractivity contribution < 1.29 is 4.52 Å². The van der Waals surface area contributed by atoms with Gasteiger partial charge in [-0.1, -0.05) is 24.2 Å². The topological polar surface area (TPSA) is 75.3 Å². The Morgan fingerprint density at radius 1 is 1.33 bits per heavy atom. The summed E-state index contributed by atoms with van der Waals surface area (Å²) >= 11 is 0. The maximum Gasteiger partial charge on any atom is 0.257 e. The molecule has 0 atom stereocenters. The Morgan fingerprint density at radius 2 is 2.21 bits per heavy atom. The van der Waals surface area contributed by atoms with E-state index in [1.165, 1.54) is 12.8 Å². The third-order valence-electron chi connectivity index (χ3n) is 4.05. The molecule has 1 aliphatic carbocycles. The Morgan fingerprint density at radius 3 is 2.96 bits per heavy atom. The summed E-state index contributed by atoms with van der Waals surface area (Å²) in [5, 5.41) is 10.7. The number of nitrogens with zero attached hydrogens (tertiary/aromatic N) is 3. The Balaban J connectivity index is 1.59. The van der Waals surface area contributed by atoms with E-state index in [-0.39, 0.29) is 0 Å². The van der Waals surface area contributed by atoms with E-state index in [0.717, 1.165) is 48.2 Å². The number of aliphatic imine (C=N–C) groups is 1. The molecule has 3 rings (SSSR count). The first-order valence-electron chi connectivity index (χ1n) is 8.65. The van der Waals surface area contributed by atoms with Gasteiger partial charge >= 0.3 is 0 Å². The molecule has 24 heavy (non-hydrogen) atoms. The van der Waals surface area contributed by atoms with Crippen LogP contribution in [0.25, 0.3) is 11.5 Å². The number of aryl methyl sites for hydroxylation is 1. The van der Waals surface area contributed by atoms with Gasteiger partial charge in [-0.2, -0.15) is 4.98 Å². The minimum absolute atomic E-state index is 0.580. The quantitative estimate of drug-likeness (QED) is 0.604. The van der Waals surface area contributed by atoms with E-state index in [1.54, 1.807) is 7.05 Å². The smallest absolute Gasteiger partial charge is 0.257 e. The maximum absolute atomic E-state index is 5.36. The average molecular weight is 327 g/mol. The molecule has 6 nitrogen and oxygen atoms in total. The van der Waals surface area contributed by atoms with Gasteiger partial charge in [0.25, 0.3) is 5.89 Å². The van der Waals surface area contributed by atoms with Gasteiger partial charge in [-0.05, 0) is 42.9 Å². The van der Waals surface area contributed by atoms with Gasteiger partial charge in [0.05, 0.1) is 0 Å². The molecule has 0 radical (unpaired) electrons. The first-order chi connectivity index (χ1) is 11.8. The van der Waals surface area contributed by atoms with Gasteiger partial charge in [0.15, 0.2) is 11.8 Å². The van der Waals surface area contributed by atoms with Gasteiger partial charge in [0.2, 0.25) is 0 Å². The van der Waals surface area contributed by atoms with E-state index in [9.17, 15) is 0 Å². The number of aromatic nitrogens is 2. The first kappa shape index (κ1) is 16.5. The lowest BCUT2D eigenvalue weighted by molar-refractivity contribution is 0.422. The predicted octanol–water partition coefficient (Wildman–Crippen LogP) is 2.76. The van der Waals surface area contributed by atoms with E-state index in [4.69, 9.17) is 4.52 Å². The van der Waals surface area contributed by atoms with Crippen molar-refractivity contribution in [1.82, 2.24) is 20.8 Å². The molecular formula is C18H25N5O. The summed E-state index contributed by atoms with van der Waals surface area (Å²) in [6, 6.07) is 8.15. The van der Waals surface area contributed by atoms with Crippen molar-refractivity contribution in [3.8, 4) is 11.5 Å². The Labute approximate surface area is 142 Å². The molecule has 2 N–H and O–H groups in total. The molecule has 6 heteroatoms. The van der Waals surface area contributed by atoms with E-state index in [1.807, 2.05) is 12.1 Å². The molecule has 1 heterocycles. The van der Waals surface area contributed by atoms with Crippen LogP contribution in [0.4, 0.5) is 0 Å². The summed E-state index contributed by atoms with van der Waals surface area (Å²) in [5.41, 5.74) is 2.10. The fourth-order valence-corrected chi connectivity index (χ4v) is 2.48. The van der Waals surface area contributed by atoms with Crippen molar-refractivity contribution in [1.29, 1.82) is 0 Å². The zero-order chi connectivity index (χ0) is 16.8. The highest BCUT2D eigenvalue weighted by Gasteiger charge is 2.21. The zero-order valence-electron chi connectivity index (χ0n) is 14.4. The van der Waals surface area contributed by atoms with Gasteiger partial charge < -0.3 is 15.2 Å². The van der Waals surface area contributed by atoms with Crippen molar-refractivity contribution in [2.24, 2.45) is 10.9 Å². The number of hydrogen-bond acceptors (Lipinski definition) is 4. The van der Waals surface area contributed by atoms with Crippen molar-refractivity contribution in [3.63, 3.8) is 0 Å². The second-order valence-corrected chi connectivity index (χ2v) is 6.22. The summed E-state index contributed by atoms with van der Waals surface area (Å²) in [7, 11) is 1.80. The summed E-state index contributed by atoms with van der Waals surface area (Å²) in [5.74, 6) is 3.01. The number of rotatable bonds is 7. The minimum Gasteiger partial charge on any atom is -0.356 e. The second kappa shape index (κ2) is 7.95. The summed E-state index contributed by atoms with van der Waals surface area (Å²) in [6.45, 7) is 3.81. The molecule has 0 bridgehead atoms. The summed E-state index contributed by atoms with van der Waals surface area (Å²) < 4.78 is 5.36. The molecule has 0 aliphatic heterocycles. The van der Waals surface area contributed by atoms with Crippen LogP contribution in [0.1, 0.15) is 37.6 Å². The Kier molecular flexibility index (Phi) is 5.46. The van der Waals surface area contributed by atoms with Crippen LogP contribution in [0, 0.1) is 5.92 Å². The largest absolute Gasteiger partial charge is 0.356 e. The molecule has 2 aromatic rings. The number of nitrogens with one attached hydrogen (secondary N) is 2. The monoisotopic (exact) mass is 327 g/mol. The van der Waals surface area contributed by atoms with Crippen LogP contribution in [-0.2, 0) is 13.0 Å². The van der Waals surface area contributed by atoms with Crippen molar-refractivity contribution in [3.05, 3.63) is 35.7 Å². The summed E-state index contributed by atoms with van der Waals surface area (Å²) in [4.78, 5) is 8.71. The third kappa shape index (κ3) is 4.57. The van der Waals surface area contributed by atoms with E-state index < -0.39 is 0 Å². The van der Waals surface area contributed by atoms with Gasteiger partial charge in [-0.25, -0.2) is 0 Å². The number of benzene rings is 1. The number of guanidine groups is 1. The molecule has 1 aromatic heterocycles. The van der Waals surface area contributed by atoms with Crippen LogP contribution in [0.5, 0.6) is 0 Å². The lowest BCUT2D eigenvalue weighted by atomic mass is 10.1. The van der Waals surface area contributed by atoms with Crippen LogP contribution in [0.3, 0.4) is 0 Å². The number of hydrogen-bond donors (Lipinski definition) is 2. The molecule has 1 saturated carbocycles. The van der Waals surface area contributed by atoms with Gasteiger partial charge in [-0.15, -0.1) is 0 Å². The first-order valence-corrected chi connectivity index (χ1v) is 8.65. The molecule has 1 aromatic carbocycles. The van der Waals surface area contributed by atoms with Crippen LogP contribution in [-0.4, -0.2) is 29.7 Å². The van der Waals surface area contributed by atoms with Crippen LogP contribution < -0.4 is 10.6 Å². The highest BCUT2D eigenvalue weighted by atomic mass is 16.5. The Hall–Kier alpha value is -2.37. The predicted molar refractivity (Wildman–Crippen MR) is 94.7 cm³/mol. The fourth-order valence-electron chi connectivity index (χ4n) is 2.48. The zero-order valence-corrected chi connectivity index (χ0v) is 14.4. The Bertz CT molecular complexity index is 690. The molecule has 128 valence electrons. The molecule has 0 spiro atoms. The van der Waals surface area contributed by atoms with Gasteiger partial charge in [-0.3, -0.25) is 4.99 Å². The molecular weight excluding hydrogens is 302 g/mol. The van der Waals surface area contributed by atoms with Crippen LogP contribution in [0.15, 0.2) is 33.8 Å².